The topological polar surface area (TPSA) is 76.1 Å². The van der Waals surface area contributed by atoms with Gasteiger partial charge in [0.1, 0.15) is 0 Å². The first-order valence-electron chi connectivity index (χ1n) is 8.00. The maximum Gasteiger partial charge on any atom is 0.264 e. The van der Waals surface area contributed by atoms with Gasteiger partial charge in [0.25, 0.3) is 10.0 Å². The molecule has 1 N–H and O–H groups in total. The highest BCUT2D eigenvalue weighted by molar-refractivity contribution is 7.90. The summed E-state index contributed by atoms with van der Waals surface area (Å²) in [6.45, 7) is 0. The summed E-state index contributed by atoms with van der Waals surface area (Å²) in [5.74, 6) is -0.479. The Hall–Kier alpha value is -2.25. The van der Waals surface area contributed by atoms with Gasteiger partial charge in [0.15, 0.2) is 0 Å². The fraction of sp³-hybridized carbons (Fsp3) is 0.222. The molecule has 0 aliphatic heterocycles. The Kier molecular flexibility index (Phi) is 5.45. The molecule has 2 aromatic carbocycles. The second-order valence-electron chi connectivity index (χ2n) is 5.62. The van der Waals surface area contributed by atoms with Crippen LogP contribution in [0, 0.1) is 0 Å². The summed E-state index contributed by atoms with van der Waals surface area (Å²) in [7, 11) is -3.78. The van der Waals surface area contributed by atoms with Crippen LogP contribution in [0.1, 0.15) is 24.3 Å². The average molecular weight is 374 g/mol. The number of hydrogen-bond acceptors (Lipinski definition) is 5. The summed E-state index contributed by atoms with van der Waals surface area (Å²) in [4.78, 5) is 16.5. The summed E-state index contributed by atoms with van der Waals surface area (Å²) < 4.78 is 27.4. The second kappa shape index (κ2) is 7.76. The zero-order chi connectivity index (χ0) is 17.7. The minimum absolute atomic E-state index is 0.0952. The second-order valence-corrected chi connectivity index (χ2v) is 8.42. The van der Waals surface area contributed by atoms with Crippen LogP contribution in [-0.2, 0) is 21.2 Å². The van der Waals surface area contributed by atoms with Gasteiger partial charge in [-0.1, -0.05) is 30.3 Å². The van der Waals surface area contributed by atoms with Crippen molar-refractivity contribution in [3.63, 3.8) is 0 Å². The van der Waals surface area contributed by atoms with Crippen molar-refractivity contribution in [3.8, 4) is 0 Å². The van der Waals surface area contributed by atoms with Crippen LogP contribution in [0.3, 0.4) is 0 Å². The number of thiazole rings is 1. The third-order valence-electron chi connectivity index (χ3n) is 3.68. The van der Waals surface area contributed by atoms with E-state index in [0.717, 1.165) is 28.1 Å². The quantitative estimate of drug-likeness (QED) is 0.642. The van der Waals surface area contributed by atoms with Gasteiger partial charge in [-0.2, -0.15) is 0 Å². The van der Waals surface area contributed by atoms with Gasteiger partial charge < -0.3 is 0 Å². The lowest BCUT2D eigenvalue weighted by atomic mass is 10.2. The molecule has 1 aromatic heterocycles. The third-order valence-corrected chi connectivity index (χ3v) is 6.17. The number of hydrogen-bond donors (Lipinski definition) is 1. The number of amides is 1. The number of carbonyl (C=O) groups excluding carboxylic acids is 1. The first kappa shape index (κ1) is 17.6. The standard InChI is InChI=1S/C18H18N2O3S2/c21-17(20-25(22,23)14-8-2-1-3-9-14)12-6-7-13-18-19-15-10-4-5-11-16(15)24-18/h1-5,8-11H,6-7,12-13H2,(H,20,21). The Morgan fingerprint density at radius 2 is 1.72 bits per heavy atom. The normalized spacial score (nSPS) is 11.5. The maximum atomic E-state index is 12.1. The van der Waals surface area contributed by atoms with Crippen LogP contribution in [0.25, 0.3) is 10.2 Å². The van der Waals surface area contributed by atoms with Crippen molar-refractivity contribution in [2.24, 2.45) is 0 Å². The predicted molar refractivity (Wildman–Crippen MR) is 98.9 cm³/mol. The molecule has 3 rings (SSSR count). The van der Waals surface area contributed by atoms with Gasteiger partial charge in [-0.3, -0.25) is 4.79 Å². The summed E-state index contributed by atoms with van der Waals surface area (Å²) in [5, 5.41) is 1.04. The summed E-state index contributed by atoms with van der Waals surface area (Å²) in [6, 6.07) is 15.9. The molecule has 0 spiro atoms. The van der Waals surface area contributed by atoms with Crippen molar-refractivity contribution in [2.75, 3.05) is 0 Å². The van der Waals surface area contributed by atoms with Crippen molar-refractivity contribution in [2.45, 2.75) is 30.6 Å². The molecule has 1 amide bonds. The van der Waals surface area contributed by atoms with Gasteiger partial charge >= 0.3 is 0 Å². The van der Waals surface area contributed by atoms with Crippen molar-refractivity contribution in [1.29, 1.82) is 0 Å². The van der Waals surface area contributed by atoms with Crippen LogP contribution in [0.15, 0.2) is 59.5 Å². The number of sulfonamides is 1. The van der Waals surface area contributed by atoms with Gasteiger partial charge in [-0.15, -0.1) is 11.3 Å². The fourth-order valence-corrected chi connectivity index (χ4v) is 4.49. The predicted octanol–water partition coefficient (Wildman–Crippen LogP) is 3.51. The molecule has 3 aromatic rings. The fourth-order valence-electron chi connectivity index (χ4n) is 2.45. The zero-order valence-corrected chi connectivity index (χ0v) is 15.1. The van der Waals surface area contributed by atoms with E-state index in [2.05, 4.69) is 9.71 Å². The number of fused-ring (bicyclic) bond motifs is 1. The number of para-hydroxylation sites is 1. The number of rotatable bonds is 7. The van der Waals surface area contributed by atoms with E-state index < -0.39 is 15.9 Å². The van der Waals surface area contributed by atoms with Crippen molar-refractivity contribution in [1.82, 2.24) is 9.71 Å². The molecule has 5 nitrogen and oxygen atoms in total. The highest BCUT2D eigenvalue weighted by Gasteiger charge is 2.16. The molecular formula is C18H18N2O3S2. The molecular weight excluding hydrogens is 356 g/mol. The van der Waals surface area contributed by atoms with Crippen molar-refractivity contribution < 1.29 is 13.2 Å². The van der Waals surface area contributed by atoms with Gasteiger partial charge in [0.05, 0.1) is 20.1 Å². The molecule has 0 atom stereocenters. The Morgan fingerprint density at radius 1 is 1.00 bits per heavy atom. The summed E-state index contributed by atoms with van der Waals surface area (Å²) >= 11 is 1.66. The largest absolute Gasteiger partial charge is 0.274 e. The highest BCUT2D eigenvalue weighted by Crippen LogP contribution is 2.22. The van der Waals surface area contributed by atoms with E-state index in [1.807, 2.05) is 24.3 Å². The van der Waals surface area contributed by atoms with E-state index in [-0.39, 0.29) is 11.3 Å². The maximum absolute atomic E-state index is 12.1. The van der Waals surface area contributed by atoms with E-state index in [1.165, 1.54) is 12.1 Å². The van der Waals surface area contributed by atoms with Crippen molar-refractivity contribution >= 4 is 37.5 Å². The lowest BCUT2D eigenvalue weighted by Gasteiger charge is -2.06. The lowest BCUT2D eigenvalue weighted by Crippen LogP contribution is -2.30. The average Bonchev–Trinajstić information content (AvgIpc) is 3.02. The number of aryl methyl sites for hydroxylation is 1. The number of carbonyl (C=O) groups is 1. The first-order valence-corrected chi connectivity index (χ1v) is 10.3. The monoisotopic (exact) mass is 374 g/mol. The van der Waals surface area contributed by atoms with E-state index in [0.29, 0.717) is 6.42 Å². The van der Waals surface area contributed by atoms with Crippen molar-refractivity contribution in [3.05, 3.63) is 59.6 Å². The molecule has 7 heteroatoms. The van der Waals surface area contributed by atoms with Gasteiger partial charge in [-0.05, 0) is 43.5 Å². The third kappa shape index (κ3) is 4.64. The molecule has 0 aliphatic carbocycles. The number of benzene rings is 2. The summed E-state index contributed by atoms with van der Waals surface area (Å²) in [6.07, 6.45) is 2.37. The molecule has 0 radical (unpaired) electrons. The number of nitrogens with zero attached hydrogens (tertiary/aromatic N) is 1. The van der Waals surface area contributed by atoms with Gasteiger partial charge in [0, 0.05) is 6.42 Å². The minimum atomic E-state index is -3.78. The van der Waals surface area contributed by atoms with Crippen LogP contribution in [0.5, 0.6) is 0 Å². The molecule has 0 saturated carbocycles. The number of aromatic nitrogens is 1. The molecule has 130 valence electrons. The van der Waals surface area contributed by atoms with Crippen LogP contribution < -0.4 is 4.72 Å². The SMILES string of the molecule is O=C(CCCCc1nc2ccccc2s1)NS(=O)(=O)c1ccccc1. The van der Waals surface area contributed by atoms with Gasteiger partial charge in [-0.25, -0.2) is 18.1 Å². The Labute approximate surface area is 150 Å². The lowest BCUT2D eigenvalue weighted by molar-refractivity contribution is -0.119. The summed E-state index contributed by atoms with van der Waals surface area (Å²) in [5.41, 5.74) is 0.995. The molecule has 25 heavy (non-hydrogen) atoms. The van der Waals surface area contributed by atoms with E-state index in [1.54, 1.807) is 29.5 Å². The van der Waals surface area contributed by atoms with E-state index >= 15 is 0 Å². The van der Waals surface area contributed by atoms with Crippen LogP contribution >= 0.6 is 11.3 Å². The smallest absolute Gasteiger partial charge is 0.264 e. The Bertz CT molecular complexity index is 933. The molecule has 0 saturated heterocycles. The Morgan fingerprint density at radius 3 is 2.48 bits per heavy atom. The van der Waals surface area contributed by atoms with E-state index in [9.17, 15) is 13.2 Å². The molecule has 0 aliphatic rings. The molecule has 1 heterocycles. The first-order chi connectivity index (χ1) is 12.0. The molecule has 0 fully saturated rings. The zero-order valence-electron chi connectivity index (χ0n) is 13.5. The van der Waals surface area contributed by atoms with Crippen LogP contribution in [0.4, 0.5) is 0 Å². The Balaban J connectivity index is 1.46. The number of nitrogens with one attached hydrogen (secondary N) is 1. The molecule has 0 bridgehead atoms. The minimum Gasteiger partial charge on any atom is -0.274 e. The molecule has 0 unspecified atom stereocenters. The van der Waals surface area contributed by atoms with Crippen LogP contribution in [0.2, 0.25) is 0 Å². The number of unbranched alkanes of at least 4 members (excludes halogenated alkanes) is 1. The van der Waals surface area contributed by atoms with Gasteiger partial charge in [0.2, 0.25) is 5.91 Å². The van der Waals surface area contributed by atoms with Crippen LogP contribution in [-0.4, -0.2) is 19.3 Å². The highest BCUT2D eigenvalue weighted by atomic mass is 32.2. The van der Waals surface area contributed by atoms with E-state index in [4.69, 9.17) is 0 Å².